The Labute approximate surface area is 118 Å². The molecule has 1 aliphatic rings. The lowest BCUT2D eigenvalue weighted by molar-refractivity contribution is -0.122. The van der Waals surface area contributed by atoms with Gasteiger partial charge in [-0.25, -0.2) is 0 Å². The van der Waals surface area contributed by atoms with E-state index in [1.54, 1.807) is 26.0 Å². The second-order valence-corrected chi connectivity index (χ2v) is 5.09. The second-order valence-electron chi connectivity index (χ2n) is 5.09. The topological polar surface area (TPSA) is 63.4 Å². The highest BCUT2D eigenvalue weighted by Crippen LogP contribution is 2.31. The summed E-state index contributed by atoms with van der Waals surface area (Å²) in [6, 6.07) is 5.42. The van der Waals surface area contributed by atoms with Crippen molar-refractivity contribution in [3.8, 4) is 11.8 Å². The van der Waals surface area contributed by atoms with Gasteiger partial charge in [-0.2, -0.15) is 0 Å². The lowest BCUT2D eigenvalue weighted by Gasteiger charge is -2.15. The molecule has 104 valence electrons. The van der Waals surface area contributed by atoms with Gasteiger partial charge in [0.25, 0.3) is 0 Å². The van der Waals surface area contributed by atoms with Crippen molar-refractivity contribution in [2.24, 2.45) is 17.6 Å². The van der Waals surface area contributed by atoms with Crippen LogP contribution in [0.15, 0.2) is 18.2 Å². The summed E-state index contributed by atoms with van der Waals surface area (Å²) in [5.41, 5.74) is 7.75. The van der Waals surface area contributed by atoms with Gasteiger partial charge in [0.2, 0.25) is 11.8 Å². The second kappa shape index (κ2) is 5.48. The van der Waals surface area contributed by atoms with Gasteiger partial charge in [0.15, 0.2) is 0 Å². The number of carbonyl (C=O) groups is 2. The molecule has 0 radical (unpaired) electrons. The Balaban J connectivity index is 2.44. The maximum absolute atomic E-state index is 12.2. The summed E-state index contributed by atoms with van der Waals surface area (Å²) in [4.78, 5) is 25.6. The molecule has 0 bridgehead atoms. The number of anilines is 1. The first-order chi connectivity index (χ1) is 9.47. The molecular weight excluding hydrogens is 252 g/mol. The average Bonchev–Trinajstić information content (AvgIpc) is 2.63. The van der Waals surface area contributed by atoms with E-state index in [0.717, 1.165) is 11.1 Å². The summed E-state index contributed by atoms with van der Waals surface area (Å²) >= 11 is 0. The molecule has 0 saturated carbocycles. The Morgan fingerprint density at radius 2 is 1.80 bits per heavy atom. The van der Waals surface area contributed by atoms with Crippen molar-refractivity contribution in [1.82, 2.24) is 0 Å². The fraction of sp³-hybridized carbons (Fsp3) is 0.375. The molecular formula is C16H18N2O2. The van der Waals surface area contributed by atoms with Crippen molar-refractivity contribution < 1.29 is 9.59 Å². The lowest BCUT2D eigenvalue weighted by atomic mass is 10.00. The van der Waals surface area contributed by atoms with Gasteiger partial charge < -0.3 is 5.73 Å². The molecule has 0 aliphatic carbocycles. The molecule has 1 fully saturated rings. The molecule has 1 aliphatic heterocycles. The third-order valence-electron chi connectivity index (χ3n) is 3.77. The summed E-state index contributed by atoms with van der Waals surface area (Å²) in [7, 11) is 0. The summed E-state index contributed by atoms with van der Waals surface area (Å²) in [5.74, 6) is 4.91. The molecule has 2 rings (SSSR count). The van der Waals surface area contributed by atoms with E-state index in [-0.39, 0.29) is 30.2 Å². The van der Waals surface area contributed by atoms with Crippen LogP contribution in [-0.2, 0) is 9.59 Å². The first-order valence-corrected chi connectivity index (χ1v) is 6.64. The molecule has 1 saturated heterocycles. The smallest absolute Gasteiger partial charge is 0.237 e. The number of imide groups is 1. The molecule has 4 nitrogen and oxygen atoms in total. The molecule has 1 heterocycles. The SMILES string of the molecule is Cc1ccc(N2C(=O)C(C)C(C)C2=O)cc1C#CCN. The number of rotatable bonds is 1. The fourth-order valence-corrected chi connectivity index (χ4v) is 2.23. The lowest BCUT2D eigenvalue weighted by Crippen LogP contribution is -2.30. The largest absolute Gasteiger partial charge is 0.320 e. The van der Waals surface area contributed by atoms with E-state index in [0.29, 0.717) is 5.69 Å². The molecule has 0 spiro atoms. The van der Waals surface area contributed by atoms with Gasteiger partial charge in [0, 0.05) is 17.4 Å². The van der Waals surface area contributed by atoms with Crippen LogP contribution < -0.4 is 10.6 Å². The minimum Gasteiger partial charge on any atom is -0.320 e. The predicted molar refractivity (Wildman–Crippen MR) is 77.9 cm³/mol. The van der Waals surface area contributed by atoms with E-state index in [9.17, 15) is 9.59 Å². The molecule has 2 unspecified atom stereocenters. The number of nitrogens with zero attached hydrogens (tertiary/aromatic N) is 1. The van der Waals surface area contributed by atoms with Crippen molar-refractivity contribution in [2.75, 3.05) is 11.4 Å². The van der Waals surface area contributed by atoms with Crippen LogP contribution in [0.2, 0.25) is 0 Å². The van der Waals surface area contributed by atoms with E-state index in [4.69, 9.17) is 5.73 Å². The minimum absolute atomic E-state index is 0.149. The maximum atomic E-state index is 12.2. The Kier molecular flexibility index (Phi) is 3.91. The molecule has 1 aromatic rings. The van der Waals surface area contributed by atoms with Gasteiger partial charge >= 0.3 is 0 Å². The summed E-state index contributed by atoms with van der Waals surface area (Å²) in [6.45, 7) is 5.78. The molecule has 20 heavy (non-hydrogen) atoms. The number of hydrogen-bond acceptors (Lipinski definition) is 3. The maximum Gasteiger partial charge on any atom is 0.237 e. The highest BCUT2D eigenvalue weighted by atomic mass is 16.2. The summed E-state index contributed by atoms with van der Waals surface area (Å²) < 4.78 is 0. The quantitative estimate of drug-likeness (QED) is 0.620. The van der Waals surface area contributed by atoms with E-state index < -0.39 is 0 Å². The number of hydrogen-bond donors (Lipinski definition) is 1. The minimum atomic E-state index is -0.276. The van der Waals surface area contributed by atoms with E-state index >= 15 is 0 Å². The van der Waals surface area contributed by atoms with Gasteiger partial charge in [-0.1, -0.05) is 31.8 Å². The van der Waals surface area contributed by atoms with Crippen molar-refractivity contribution in [3.63, 3.8) is 0 Å². The van der Waals surface area contributed by atoms with Crippen LogP contribution in [0, 0.1) is 30.6 Å². The number of amides is 2. The van der Waals surface area contributed by atoms with Gasteiger partial charge in [-0.3, -0.25) is 14.5 Å². The van der Waals surface area contributed by atoms with Gasteiger partial charge in [-0.05, 0) is 24.6 Å². The highest BCUT2D eigenvalue weighted by Gasteiger charge is 2.43. The molecule has 0 aromatic heterocycles. The van der Waals surface area contributed by atoms with Crippen LogP contribution >= 0.6 is 0 Å². The van der Waals surface area contributed by atoms with Crippen molar-refractivity contribution >= 4 is 17.5 Å². The standard InChI is InChI=1S/C16H18N2O2/c1-10-6-7-14(9-13(10)5-4-8-17)18-15(19)11(2)12(3)16(18)20/h6-7,9,11-12H,8,17H2,1-3H3. The van der Waals surface area contributed by atoms with Gasteiger partial charge in [0.05, 0.1) is 12.2 Å². The third kappa shape index (κ3) is 2.33. The molecule has 2 N–H and O–H groups in total. The summed E-state index contributed by atoms with van der Waals surface area (Å²) in [5, 5.41) is 0. The number of carbonyl (C=O) groups excluding carboxylic acids is 2. The first-order valence-electron chi connectivity index (χ1n) is 6.64. The van der Waals surface area contributed by atoms with Crippen molar-refractivity contribution in [1.29, 1.82) is 0 Å². The van der Waals surface area contributed by atoms with Crippen molar-refractivity contribution in [2.45, 2.75) is 20.8 Å². The van der Waals surface area contributed by atoms with Crippen LogP contribution in [-0.4, -0.2) is 18.4 Å². The zero-order chi connectivity index (χ0) is 14.9. The number of benzene rings is 1. The molecule has 1 aromatic carbocycles. The predicted octanol–water partition coefficient (Wildman–Crippen LogP) is 1.45. The van der Waals surface area contributed by atoms with Crippen LogP contribution in [0.1, 0.15) is 25.0 Å². The Morgan fingerprint density at radius 1 is 1.20 bits per heavy atom. The van der Waals surface area contributed by atoms with E-state index in [1.165, 1.54) is 4.90 Å². The number of nitrogens with two attached hydrogens (primary N) is 1. The normalized spacial score (nSPS) is 21.9. The summed E-state index contributed by atoms with van der Waals surface area (Å²) in [6.07, 6.45) is 0. The zero-order valence-corrected chi connectivity index (χ0v) is 11.9. The van der Waals surface area contributed by atoms with Gasteiger partial charge in [0.1, 0.15) is 0 Å². The molecule has 4 heteroatoms. The Bertz CT molecular complexity index is 605. The van der Waals surface area contributed by atoms with Crippen LogP contribution in [0.5, 0.6) is 0 Å². The zero-order valence-electron chi connectivity index (χ0n) is 11.9. The first kappa shape index (κ1) is 14.3. The van der Waals surface area contributed by atoms with E-state index in [2.05, 4.69) is 11.8 Å². The van der Waals surface area contributed by atoms with Crippen LogP contribution in [0.3, 0.4) is 0 Å². The molecule has 2 amide bonds. The Morgan fingerprint density at radius 3 is 2.35 bits per heavy atom. The monoisotopic (exact) mass is 270 g/mol. The van der Waals surface area contributed by atoms with Crippen LogP contribution in [0.4, 0.5) is 5.69 Å². The third-order valence-corrected chi connectivity index (χ3v) is 3.77. The Hall–Kier alpha value is -2.12. The average molecular weight is 270 g/mol. The van der Waals surface area contributed by atoms with E-state index in [1.807, 2.05) is 13.0 Å². The number of aryl methyl sites for hydroxylation is 1. The molecule has 2 atom stereocenters. The van der Waals surface area contributed by atoms with Gasteiger partial charge in [-0.15, -0.1) is 0 Å². The fourth-order valence-electron chi connectivity index (χ4n) is 2.23. The van der Waals surface area contributed by atoms with Crippen LogP contribution in [0.25, 0.3) is 0 Å². The highest BCUT2D eigenvalue weighted by molar-refractivity contribution is 6.21. The van der Waals surface area contributed by atoms with Crippen molar-refractivity contribution in [3.05, 3.63) is 29.3 Å².